The summed E-state index contributed by atoms with van der Waals surface area (Å²) < 4.78 is 19.4. The number of fused-ring (bicyclic) bond motifs is 1. The molecule has 1 fully saturated rings. The largest absolute Gasteiger partial charge is 0.497 e. The van der Waals surface area contributed by atoms with Crippen LogP contribution < -0.4 is 10.1 Å². The number of aliphatic hydroxyl groups excluding tert-OH is 1. The molecule has 1 aromatic carbocycles. The van der Waals surface area contributed by atoms with Crippen molar-refractivity contribution < 1.29 is 24.1 Å². The van der Waals surface area contributed by atoms with E-state index in [9.17, 15) is 14.3 Å². The average molecular weight is 398 g/mol. The number of carbonyl (C=O) groups is 1. The fourth-order valence-electron chi connectivity index (χ4n) is 3.43. The van der Waals surface area contributed by atoms with Crippen LogP contribution in [0, 0.1) is 5.82 Å². The normalized spacial score (nSPS) is 20.6. The van der Waals surface area contributed by atoms with E-state index in [1.807, 2.05) is 4.90 Å². The second-order valence-corrected chi connectivity index (χ2v) is 6.96. The van der Waals surface area contributed by atoms with Crippen LogP contribution in [0.2, 0.25) is 5.02 Å². The lowest BCUT2D eigenvalue weighted by Crippen LogP contribution is -2.54. The first-order valence-electron chi connectivity index (χ1n) is 8.59. The van der Waals surface area contributed by atoms with Gasteiger partial charge in [-0.15, -0.1) is 0 Å². The van der Waals surface area contributed by atoms with Crippen molar-refractivity contribution in [3.8, 4) is 5.75 Å². The fourth-order valence-corrected chi connectivity index (χ4v) is 3.68. The summed E-state index contributed by atoms with van der Waals surface area (Å²) in [6, 6.07) is 2.52. The van der Waals surface area contributed by atoms with Gasteiger partial charge in [-0.2, -0.15) is 0 Å². The highest BCUT2D eigenvalue weighted by molar-refractivity contribution is 6.32. The van der Waals surface area contributed by atoms with E-state index in [2.05, 4.69) is 10.3 Å². The Labute approximate surface area is 160 Å². The summed E-state index contributed by atoms with van der Waals surface area (Å²) in [5, 5.41) is 22.3. The van der Waals surface area contributed by atoms with Gasteiger partial charge in [0.15, 0.2) is 5.82 Å². The number of hydrogen-bond acceptors (Lipinski definition) is 5. The van der Waals surface area contributed by atoms with E-state index in [1.165, 1.54) is 19.4 Å². The van der Waals surface area contributed by atoms with Gasteiger partial charge in [-0.3, -0.25) is 4.98 Å². The number of pyridine rings is 1. The number of likely N-dealkylation sites (tertiary alicyclic amines) is 1. The van der Waals surface area contributed by atoms with Gasteiger partial charge in [-0.25, -0.2) is 9.18 Å². The average Bonchev–Trinajstić information content (AvgIpc) is 2.62. The Bertz CT molecular complexity index is 851. The Morgan fingerprint density at radius 3 is 2.96 bits per heavy atom. The minimum Gasteiger partial charge on any atom is -0.497 e. The first-order chi connectivity index (χ1) is 12.9. The van der Waals surface area contributed by atoms with Crippen molar-refractivity contribution in [3.05, 3.63) is 34.7 Å². The lowest BCUT2D eigenvalue weighted by molar-refractivity contribution is 0.0413. The van der Waals surface area contributed by atoms with Gasteiger partial charge in [0.25, 0.3) is 0 Å². The van der Waals surface area contributed by atoms with Gasteiger partial charge < -0.3 is 25.2 Å². The number of rotatable bonds is 5. The van der Waals surface area contributed by atoms with E-state index in [1.54, 1.807) is 6.07 Å². The molecule has 2 atom stereocenters. The van der Waals surface area contributed by atoms with E-state index in [0.29, 0.717) is 48.6 Å². The molecule has 1 amide bonds. The summed E-state index contributed by atoms with van der Waals surface area (Å²) in [6.45, 7) is 1.58. The molecule has 2 aromatic rings. The molecule has 0 radical (unpaired) electrons. The Kier molecular flexibility index (Phi) is 5.98. The molecular weight excluding hydrogens is 377 g/mol. The van der Waals surface area contributed by atoms with Crippen LogP contribution in [0.15, 0.2) is 18.3 Å². The van der Waals surface area contributed by atoms with Crippen molar-refractivity contribution in [2.24, 2.45) is 0 Å². The van der Waals surface area contributed by atoms with Crippen molar-refractivity contribution >= 4 is 28.6 Å². The maximum absolute atomic E-state index is 14.3. The summed E-state index contributed by atoms with van der Waals surface area (Å²) in [5.41, 5.74) is 0.999. The highest BCUT2D eigenvalue weighted by Gasteiger charge is 2.28. The molecule has 1 aliphatic heterocycles. The maximum atomic E-state index is 14.3. The van der Waals surface area contributed by atoms with Crippen LogP contribution in [0.3, 0.4) is 0 Å². The maximum Gasteiger partial charge on any atom is 0.404 e. The first kappa shape index (κ1) is 19.6. The monoisotopic (exact) mass is 397 g/mol. The Balaban J connectivity index is 1.75. The van der Waals surface area contributed by atoms with E-state index >= 15 is 0 Å². The zero-order chi connectivity index (χ0) is 19.6. The van der Waals surface area contributed by atoms with Crippen molar-refractivity contribution in [2.45, 2.75) is 25.0 Å². The number of benzene rings is 1. The first-order valence-corrected chi connectivity index (χ1v) is 8.97. The number of hydrogen-bond donors (Lipinski definition) is 3. The van der Waals surface area contributed by atoms with Gasteiger partial charge >= 0.3 is 6.09 Å². The van der Waals surface area contributed by atoms with Crippen molar-refractivity contribution in [1.82, 2.24) is 15.2 Å². The smallest absolute Gasteiger partial charge is 0.404 e. The lowest BCUT2D eigenvalue weighted by Gasteiger charge is -2.35. The molecule has 1 aliphatic rings. The summed E-state index contributed by atoms with van der Waals surface area (Å²) in [5.74, 6) is -0.0838. The van der Waals surface area contributed by atoms with E-state index in [0.717, 1.165) is 5.56 Å². The third kappa shape index (κ3) is 4.40. The zero-order valence-electron chi connectivity index (χ0n) is 14.8. The molecule has 0 aliphatic carbocycles. The number of ether oxygens (including phenoxy) is 1. The van der Waals surface area contributed by atoms with E-state index < -0.39 is 24.1 Å². The molecule has 3 N–H and O–H groups in total. The number of aliphatic hydroxyl groups is 1. The second-order valence-electron chi connectivity index (χ2n) is 6.55. The molecular formula is C18H21ClFN3O4. The quantitative estimate of drug-likeness (QED) is 0.716. The zero-order valence-corrected chi connectivity index (χ0v) is 15.5. The highest BCUT2D eigenvalue weighted by Crippen LogP contribution is 2.30. The number of amides is 1. The van der Waals surface area contributed by atoms with Crippen LogP contribution >= 0.6 is 11.6 Å². The van der Waals surface area contributed by atoms with Gasteiger partial charge in [0.05, 0.1) is 24.3 Å². The van der Waals surface area contributed by atoms with Crippen LogP contribution in [0.25, 0.3) is 10.9 Å². The van der Waals surface area contributed by atoms with Crippen molar-refractivity contribution in [1.29, 1.82) is 0 Å². The van der Waals surface area contributed by atoms with Crippen molar-refractivity contribution in [3.63, 3.8) is 0 Å². The van der Waals surface area contributed by atoms with Crippen LogP contribution in [0.5, 0.6) is 5.75 Å². The summed E-state index contributed by atoms with van der Waals surface area (Å²) >= 11 is 6.31. The van der Waals surface area contributed by atoms with Crippen LogP contribution in [0.4, 0.5) is 9.18 Å². The molecule has 0 unspecified atom stereocenters. The molecule has 9 heteroatoms. The summed E-state index contributed by atoms with van der Waals surface area (Å²) in [4.78, 5) is 16.9. The second kappa shape index (κ2) is 8.24. The topological polar surface area (TPSA) is 94.9 Å². The van der Waals surface area contributed by atoms with Gasteiger partial charge in [-0.05, 0) is 24.5 Å². The molecule has 3 rings (SSSR count). The molecule has 1 aromatic heterocycles. The van der Waals surface area contributed by atoms with Gasteiger partial charge in [-0.1, -0.05) is 11.6 Å². The SMILES string of the molecule is COc1cc(F)c2ncc(Cl)c(CCN3CC[C@@H](NC(=O)O)[C@@H](O)C3)c2c1. The van der Waals surface area contributed by atoms with E-state index in [4.69, 9.17) is 21.4 Å². The number of β-amino-alcohol motifs (C(OH)–C–C–N with tert-alkyl or cyclic N) is 1. The highest BCUT2D eigenvalue weighted by atomic mass is 35.5. The summed E-state index contributed by atoms with van der Waals surface area (Å²) in [6.07, 6.45) is 0.567. The Morgan fingerprint density at radius 2 is 2.30 bits per heavy atom. The number of nitrogens with one attached hydrogen (secondary N) is 1. The molecule has 7 nitrogen and oxygen atoms in total. The molecule has 0 saturated carbocycles. The van der Waals surface area contributed by atoms with Gasteiger partial charge in [0.1, 0.15) is 11.3 Å². The molecule has 1 saturated heterocycles. The minimum atomic E-state index is -1.14. The number of aromatic nitrogens is 1. The fraction of sp³-hybridized carbons (Fsp3) is 0.444. The number of piperidine rings is 1. The summed E-state index contributed by atoms with van der Waals surface area (Å²) in [7, 11) is 1.47. The number of halogens is 2. The van der Waals surface area contributed by atoms with Gasteiger partial charge in [0.2, 0.25) is 0 Å². The minimum absolute atomic E-state index is 0.236. The Hall–Kier alpha value is -2.16. The Morgan fingerprint density at radius 1 is 1.52 bits per heavy atom. The van der Waals surface area contributed by atoms with Crippen LogP contribution in [-0.4, -0.2) is 65.1 Å². The number of carboxylic acid groups (broad SMARTS) is 1. The lowest BCUT2D eigenvalue weighted by atomic mass is 10.0. The van der Waals surface area contributed by atoms with Gasteiger partial charge in [0, 0.05) is 37.3 Å². The molecule has 146 valence electrons. The number of methoxy groups -OCH3 is 1. The molecule has 27 heavy (non-hydrogen) atoms. The predicted octanol–water partition coefficient (Wildman–Crippen LogP) is 2.28. The van der Waals surface area contributed by atoms with Crippen LogP contribution in [-0.2, 0) is 6.42 Å². The molecule has 2 heterocycles. The standard InChI is InChI=1S/C18H21ClFN3O4/c1-27-10-6-12-11(13(19)8-21-17(12)14(20)7-10)2-4-23-5-3-15(16(24)9-23)22-18(25)26/h6-8,15-16,22,24H,2-5,9H2,1H3,(H,25,26)/t15-,16+/m1/s1. The molecule has 0 spiro atoms. The third-order valence-electron chi connectivity index (χ3n) is 4.85. The van der Waals surface area contributed by atoms with Crippen LogP contribution in [0.1, 0.15) is 12.0 Å². The predicted molar refractivity (Wildman–Crippen MR) is 99.0 cm³/mol. The number of nitrogens with zero attached hydrogens (tertiary/aromatic N) is 2. The third-order valence-corrected chi connectivity index (χ3v) is 5.17. The molecule has 0 bridgehead atoms. The van der Waals surface area contributed by atoms with E-state index in [-0.39, 0.29) is 5.52 Å². The van der Waals surface area contributed by atoms with Crippen molar-refractivity contribution in [2.75, 3.05) is 26.7 Å².